The van der Waals surface area contributed by atoms with E-state index < -0.39 is 5.60 Å². The van der Waals surface area contributed by atoms with Gasteiger partial charge in [-0.1, -0.05) is 26.8 Å². The fourth-order valence-corrected chi connectivity index (χ4v) is 4.01. The van der Waals surface area contributed by atoms with Crippen LogP contribution >= 0.6 is 0 Å². The lowest BCUT2D eigenvalue weighted by molar-refractivity contribution is 0.0415. The number of alkyl carbamates (subject to hydrolysis) is 1. The van der Waals surface area contributed by atoms with Crippen molar-refractivity contribution in [1.82, 2.24) is 15.3 Å². The number of rotatable bonds is 8. The highest BCUT2D eigenvalue weighted by atomic mass is 19.1. The van der Waals surface area contributed by atoms with E-state index in [0.717, 1.165) is 37.2 Å². The van der Waals surface area contributed by atoms with Crippen molar-refractivity contribution in [2.75, 3.05) is 17.2 Å². The van der Waals surface area contributed by atoms with Gasteiger partial charge in [-0.05, 0) is 69.6 Å². The maximum Gasteiger partial charge on any atom is 0.407 e. The molecule has 1 heterocycles. The molecule has 8 heteroatoms. The molecule has 0 aliphatic heterocycles. The summed E-state index contributed by atoms with van der Waals surface area (Å²) in [5, 5.41) is 9.47. The van der Waals surface area contributed by atoms with Gasteiger partial charge in [0.05, 0.1) is 0 Å². The van der Waals surface area contributed by atoms with Crippen molar-refractivity contribution in [3.63, 3.8) is 0 Å². The number of hydrogen-bond acceptors (Lipinski definition) is 6. The Morgan fingerprint density at radius 1 is 1.21 bits per heavy atom. The molecule has 33 heavy (non-hydrogen) atoms. The van der Waals surface area contributed by atoms with Crippen LogP contribution in [0.5, 0.6) is 0 Å². The van der Waals surface area contributed by atoms with Gasteiger partial charge in [0.25, 0.3) is 0 Å². The molecule has 0 unspecified atom stereocenters. The first-order valence-electron chi connectivity index (χ1n) is 11.6. The van der Waals surface area contributed by atoms with Crippen molar-refractivity contribution in [1.29, 1.82) is 0 Å². The van der Waals surface area contributed by atoms with Crippen LogP contribution < -0.4 is 16.0 Å². The third-order valence-electron chi connectivity index (χ3n) is 5.99. The van der Waals surface area contributed by atoms with Gasteiger partial charge in [0.1, 0.15) is 17.2 Å². The quantitative estimate of drug-likeness (QED) is 0.467. The fraction of sp³-hybridized carbons (Fsp3) is 0.560. The SMILES string of the molecule is CCCNc1nc(Nc2cccc(F)c2)ncc1C(C)(C)C1CC(NC(=O)OC(C)(C)C)C1. The highest BCUT2D eigenvalue weighted by Gasteiger charge is 2.43. The summed E-state index contributed by atoms with van der Waals surface area (Å²) < 4.78 is 18.9. The topological polar surface area (TPSA) is 88.2 Å². The zero-order valence-corrected chi connectivity index (χ0v) is 20.5. The molecule has 1 aromatic heterocycles. The van der Waals surface area contributed by atoms with Crippen LogP contribution in [0.25, 0.3) is 0 Å². The molecular weight excluding hydrogens is 421 g/mol. The number of anilines is 3. The summed E-state index contributed by atoms with van der Waals surface area (Å²) in [7, 11) is 0. The Morgan fingerprint density at radius 2 is 1.94 bits per heavy atom. The molecule has 0 bridgehead atoms. The molecule has 1 amide bonds. The normalized spacial score (nSPS) is 18.3. The summed E-state index contributed by atoms with van der Waals surface area (Å²) in [4.78, 5) is 21.3. The smallest absolute Gasteiger partial charge is 0.407 e. The number of nitrogens with one attached hydrogen (secondary N) is 3. The van der Waals surface area contributed by atoms with Gasteiger partial charge < -0.3 is 20.7 Å². The largest absolute Gasteiger partial charge is 0.444 e. The summed E-state index contributed by atoms with van der Waals surface area (Å²) >= 11 is 0. The lowest BCUT2D eigenvalue weighted by atomic mass is 9.62. The molecule has 1 fully saturated rings. The van der Waals surface area contributed by atoms with Crippen LogP contribution in [0.15, 0.2) is 30.5 Å². The Balaban J connectivity index is 1.71. The van der Waals surface area contributed by atoms with E-state index in [2.05, 4.69) is 41.7 Å². The summed E-state index contributed by atoms with van der Waals surface area (Å²) in [6, 6.07) is 6.33. The van der Waals surface area contributed by atoms with Crippen molar-refractivity contribution >= 4 is 23.5 Å². The Bertz CT molecular complexity index is 968. The molecule has 1 aliphatic carbocycles. The average molecular weight is 458 g/mol. The number of amides is 1. The minimum atomic E-state index is -0.509. The molecule has 1 saturated carbocycles. The number of ether oxygens (including phenoxy) is 1. The molecule has 3 N–H and O–H groups in total. The van der Waals surface area contributed by atoms with E-state index in [1.165, 1.54) is 12.1 Å². The molecule has 3 rings (SSSR count). The van der Waals surface area contributed by atoms with Crippen LogP contribution in [0, 0.1) is 11.7 Å². The molecule has 1 aromatic carbocycles. The highest BCUT2D eigenvalue weighted by molar-refractivity contribution is 5.68. The van der Waals surface area contributed by atoms with Crippen LogP contribution in [0.1, 0.15) is 66.4 Å². The van der Waals surface area contributed by atoms with E-state index in [9.17, 15) is 9.18 Å². The van der Waals surface area contributed by atoms with E-state index in [-0.39, 0.29) is 23.4 Å². The number of aromatic nitrogens is 2. The third-order valence-corrected chi connectivity index (χ3v) is 5.99. The second-order valence-electron chi connectivity index (χ2n) is 10.3. The minimum absolute atomic E-state index is 0.103. The van der Waals surface area contributed by atoms with Gasteiger partial charge in [0, 0.05) is 30.0 Å². The van der Waals surface area contributed by atoms with Crippen molar-refractivity contribution in [2.24, 2.45) is 5.92 Å². The Morgan fingerprint density at radius 3 is 2.58 bits per heavy atom. The van der Waals surface area contributed by atoms with Crippen molar-refractivity contribution < 1.29 is 13.9 Å². The summed E-state index contributed by atoms with van der Waals surface area (Å²) in [5.41, 5.74) is 0.921. The summed E-state index contributed by atoms with van der Waals surface area (Å²) in [6.07, 6.45) is 4.17. The molecule has 180 valence electrons. The predicted octanol–water partition coefficient (Wildman–Crippen LogP) is 5.76. The van der Waals surface area contributed by atoms with Gasteiger partial charge in [-0.3, -0.25) is 0 Å². The second kappa shape index (κ2) is 9.93. The number of benzene rings is 1. The zero-order chi connectivity index (χ0) is 24.2. The van der Waals surface area contributed by atoms with E-state index in [1.54, 1.807) is 12.1 Å². The van der Waals surface area contributed by atoms with Crippen molar-refractivity contribution in [3.8, 4) is 0 Å². The number of halogens is 1. The van der Waals surface area contributed by atoms with E-state index in [4.69, 9.17) is 9.72 Å². The van der Waals surface area contributed by atoms with Crippen LogP contribution in [-0.4, -0.2) is 34.2 Å². The Kier molecular flexibility index (Phi) is 7.44. The van der Waals surface area contributed by atoms with Gasteiger partial charge in [-0.25, -0.2) is 14.2 Å². The standard InChI is InChI=1S/C25H36FN5O2/c1-7-11-27-21-20(15-28-22(31-21)29-18-10-8-9-17(26)14-18)25(5,6)16-12-19(13-16)30-23(32)33-24(2,3)4/h8-10,14-16,19H,7,11-13H2,1-6H3,(H,30,32)(H2,27,28,29,31). The van der Waals surface area contributed by atoms with Gasteiger partial charge >= 0.3 is 6.09 Å². The Labute approximate surface area is 195 Å². The van der Waals surface area contributed by atoms with Crippen LogP contribution in [0.4, 0.5) is 26.6 Å². The first-order chi connectivity index (χ1) is 15.5. The number of carbonyl (C=O) groups is 1. The van der Waals surface area contributed by atoms with Crippen molar-refractivity contribution in [3.05, 3.63) is 41.8 Å². The average Bonchev–Trinajstić information content (AvgIpc) is 2.67. The molecule has 2 aromatic rings. The predicted molar refractivity (Wildman–Crippen MR) is 129 cm³/mol. The van der Waals surface area contributed by atoms with Crippen LogP contribution in [-0.2, 0) is 10.2 Å². The molecule has 0 radical (unpaired) electrons. The number of hydrogen-bond donors (Lipinski definition) is 3. The van der Waals surface area contributed by atoms with E-state index in [0.29, 0.717) is 17.6 Å². The molecule has 7 nitrogen and oxygen atoms in total. The van der Waals surface area contributed by atoms with Crippen molar-refractivity contribution in [2.45, 2.75) is 77.9 Å². The summed E-state index contributed by atoms with van der Waals surface area (Å²) in [5.74, 6) is 1.24. The van der Waals surface area contributed by atoms with E-state index in [1.807, 2.05) is 27.0 Å². The second-order valence-corrected chi connectivity index (χ2v) is 10.3. The number of nitrogens with zero attached hydrogens (tertiary/aromatic N) is 2. The molecule has 0 spiro atoms. The first kappa shape index (κ1) is 24.7. The van der Waals surface area contributed by atoms with Crippen LogP contribution in [0.2, 0.25) is 0 Å². The van der Waals surface area contributed by atoms with Gasteiger partial charge in [-0.15, -0.1) is 0 Å². The highest BCUT2D eigenvalue weighted by Crippen LogP contribution is 2.45. The maximum atomic E-state index is 13.5. The van der Waals surface area contributed by atoms with Gasteiger partial charge in [-0.2, -0.15) is 4.98 Å². The monoisotopic (exact) mass is 457 g/mol. The third kappa shape index (κ3) is 6.55. The fourth-order valence-electron chi connectivity index (χ4n) is 4.01. The zero-order valence-electron chi connectivity index (χ0n) is 20.5. The van der Waals surface area contributed by atoms with E-state index >= 15 is 0 Å². The lowest BCUT2D eigenvalue weighted by Gasteiger charge is -2.46. The first-order valence-corrected chi connectivity index (χ1v) is 11.6. The molecule has 0 atom stereocenters. The van der Waals surface area contributed by atoms with Gasteiger partial charge in [0.15, 0.2) is 0 Å². The lowest BCUT2D eigenvalue weighted by Crippen LogP contribution is -2.51. The molecular formula is C25H36FN5O2. The van der Waals surface area contributed by atoms with Crippen LogP contribution in [0.3, 0.4) is 0 Å². The van der Waals surface area contributed by atoms with Gasteiger partial charge in [0.2, 0.25) is 5.95 Å². The molecule has 1 aliphatic rings. The Hall–Kier alpha value is -2.90. The molecule has 0 saturated heterocycles. The number of carbonyl (C=O) groups excluding carboxylic acids is 1. The maximum absolute atomic E-state index is 13.5. The minimum Gasteiger partial charge on any atom is -0.444 e. The summed E-state index contributed by atoms with van der Waals surface area (Å²) in [6.45, 7) is 12.8.